The Labute approximate surface area is 109 Å². The molecule has 0 spiro atoms. The van der Waals surface area contributed by atoms with E-state index in [1.54, 1.807) is 0 Å². The first-order valence-corrected chi connectivity index (χ1v) is 6.45. The first kappa shape index (κ1) is 12.8. The van der Waals surface area contributed by atoms with Crippen LogP contribution in [-0.4, -0.2) is 4.98 Å². The van der Waals surface area contributed by atoms with Gasteiger partial charge in [0.15, 0.2) is 0 Å². The van der Waals surface area contributed by atoms with E-state index in [-0.39, 0.29) is 6.04 Å². The van der Waals surface area contributed by atoms with Gasteiger partial charge in [-0.2, -0.15) is 0 Å². The lowest BCUT2D eigenvalue weighted by Crippen LogP contribution is -2.15. The topological polar surface area (TPSA) is 38.9 Å². The number of hydrogen-bond donors (Lipinski definition) is 1. The molecule has 2 aromatic rings. The predicted molar refractivity (Wildman–Crippen MR) is 75.4 cm³/mol. The second-order valence-electron chi connectivity index (χ2n) is 4.66. The Balaban J connectivity index is 2.11. The van der Waals surface area contributed by atoms with E-state index in [0.717, 1.165) is 24.1 Å². The molecule has 0 saturated heterocycles. The van der Waals surface area contributed by atoms with Crippen LogP contribution < -0.4 is 5.73 Å². The number of aryl methyl sites for hydroxylation is 2. The van der Waals surface area contributed by atoms with Gasteiger partial charge in [0.25, 0.3) is 0 Å². The molecule has 0 aliphatic rings. The van der Waals surface area contributed by atoms with Crippen LogP contribution in [0.3, 0.4) is 0 Å². The van der Waals surface area contributed by atoms with E-state index in [4.69, 9.17) is 5.73 Å². The Bertz CT molecular complexity index is 503. The monoisotopic (exact) mass is 240 g/mol. The van der Waals surface area contributed by atoms with Crippen molar-refractivity contribution in [2.24, 2.45) is 5.73 Å². The van der Waals surface area contributed by atoms with Crippen molar-refractivity contribution in [2.45, 2.75) is 32.7 Å². The van der Waals surface area contributed by atoms with Gasteiger partial charge in [-0.25, -0.2) is 0 Å². The molecule has 2 heteroatoms. The number of pyridine rings is 1. The third-order valence-corrected chi connectivity index (χ3v) is 3.33. The summed E-state index contributed by atoms with van der Waals surface area (Å²) >= 11 is 0. The molecule has 1 unspecified atom stereocenters. The fourth-order valence-electron chi connectivity index (χ4n) is 2.16. The highest BCUT2D eigenvalue weighted by atomic mass is 14.7. The Morgan fingerprint density at radius 2 is 1.78 bits per heavy atom. The Morgan fingerprint density at radius 1 is 1.11 bits per heavy atom. The molecule has 18 heavy (non-hydrogen) atoms. The highest BCUT2D eigenvalue weighted by Gasteiger charge is 2.09. The lowest BCUT2D eigenvalue weighted by atomic mass is 9.98. The van der Waals surface area contributed by atoms with Crippen LogP contribution in [0, 0.1) is 6.92 Å². The van der Waals surface area contributed by atoms with Crippen molar-refractivity contribution >= 4 is 0 Å². The molecule has 1 aromatic carbocycles. The number of aromatic nitrogens is 1. The van der Waals surface area contributed by atoms with E-state index in [9.17, 15) is 0 Å². The fraction of sp³-hybridized carbons (Fsp3) is 0.312. The largest absolute Gasteiger partial charge is 0.324 e. The molecule has 0 aliphatic carbocycles. The smallest absolute Gasteiger partial charge is 0.0420 e. The third-order valence-electron chi connectivity index (χ3n) is 3.33. The zero-order valence-electron chi connectivity index (χ0n) is 11.1. The lowest BCUT2D eigenvalue weighted by molar-refractivity contribution is 0.710. The first-order chi connectivity index (χ1) is 8.70. The molecule has 2 nitrogen and oxygen atoms in total. The van der Waals surface area contributed by atoms with Gasteiger partial charge in [0, 0.05) is 17.9 Å². The van der Waals surface area contributed by atoms with Gasteiger partial charge < -0.3 is 5.73 Å². The van der Waals surface area contributed by atoms with Crippen molar-refractivity contribution in [3.05, 3.63) is 65.0 Å². The average Bonchev–Trinajstić information content (AvgIpc) is 2.40. The maximum absolute atomic E-state index is 6.26. The number of hydrogen-bond acceptors (Lipinski definition) is 2. The molecule has 0 bridgehead atoms. The van der Waals surface area contributed by atoms with Crippen molar-refractivity contribution in [3.63, 3.8) is 0 Å². The summed E-state index contributed by atoms with van der Waals surface area (Å²) in [4.78, 5) is 4.29. The zero-order valence-corrected chi connectivity index (χ0v) is 11.1. The molecule has 1 heterocycles. The summed E-state index contributed by atoms with van der Waals surface area (Å²) in [5.74, 6) is 0. The van der Waals surface area contributed by atoms with Gasteiger partial charge in [-0.05, 0) is 42.5 Å². The van der Waals surface area contributed by atoms with Crippen molar-refractivity contribution in [2.75, 3.05) is 0 Å². The first-order valence-electron chi connectivity index (χ1n) is 6.45. The summed E-state index contributed by atoms with van der Waals surface area (Å²) in [6, 6.07) is 12.7. The SMILES string of the molecule is CCc1ccc(CC(N)c2cccnc2C)cc1. The summed E-state index contributed by atoms with van der Waals surface area (Å²) in [6.07, 6.45) is 3.74. The van der Waals surface area contributed by atoms with Crippen molar-refractivity contribution in [1.82, 2.24) is 4.98 Å². The molecule has 1 aromatic heterocycles. The molecule has 1 atom stereocenters. The summed E-state index contributed by atoms with van der Waals surface area (Å²) in [7, 11) is 0. The Hall–Kier alpha value is -1.67. The highest BCUT2D eigenvalue weighted by molar-refractivity contribution is 5.27. The van der Waals surface area contributed by atoms with Gasteiger partial charge in [0.2, 0.25) is 0 Å². The number of nitrogens with zero attached hydrogens (tertiary/aromatic N) is 1. The van der Waals surface area contributed by atoms with Crippen molar-refractivity contribution < 1.29 is 0 Å². The average molecular weight is 240 g/mol. The Morgan fingerprint density at radius 3 is 2.39 bits per heavy atom. The van der Waals surface area contributed by atoms with Crippen LogP contribution >= 0.6 is 0 Å². The van der Waals surface area contributed by atoms with Crippen LogP contribution in [0.4, 0.5) is 0 Å². The second kappa shape index (κ2) is 5.78. The van der Waals surface area contributed by atoms with E-state index in [1.165, 1.54) is 11.1 Å². The van der Waals surface area contributed by atoms with Gasteiger partial charge >= 0.3 is 0 Å². The third kappa shape index (κ3) is 2.96. The van der Waals surface area contributed by atoms with E-state index in [0.29, 0.717) is 0 Å². The van der Waals surface area contributed by atoms with Gasteiger partial charge in [0.05, 0.1) is 0 Å². The number of nitrogens with two attached hydrogens (primary N) is 1. The molecule has 94 valence electrons. The minimum absolute atomic E-state index is 0.0196. The lowest BCUT2D eigenvalue weighted by Gasteiger charge is -2.14. The molecular formula is C16H20N2. The van der Waals surface area contributed by atoms with Crippen molar-refractivity contribution in [1.29, 1.82) is 0 Å². The normalized spacial score (nSPS) is 12.4. The standard InChI is InChI=1S/C16H20N2/c1-3-13-6-8-14(9-7-13)11-16(17)15-5-4-10-18-12(15)2/h4-10,16H,3,11,17H2,1-2H3. The minimum Gasteiger partial charge on any atom is -0.324 e. The number of benzene rings is 1. The molecule has 0 fully saturated rings. The van der Waals surface area contributed by atoms with Crippen LogP contribution in [0.5, 0.6) is 0 Å². The maximum Gasteiger partial charge on any atom is 0.0420 e. The minimum atomic E-state index is 0.0196. The summed E-state index contributed by atoms with van der Waals surface area (Å²) in [5.41, 5.74) is 11.1. The van der Waals surface area contributed by atoms with E-state index < -0.39 is 0 Å². The Kier molecular flexibility index (Phi) is 4.11. The van der Waals surface area contributed by atoms with Crippen LogP contribution in [-0.2, 0) is 12.8 Å². The quantitative estimate of drug-likeness (QED) is 0.891. The molecule has 0 radical (unpaired) electrons. The molecule has 2 rings (SSSR count). The van der Waals surface area contributed by atoms with E-state index >= 15 is 0 Å². The van der Waals surface area contributed by atoms with Gasteiger partial charge in [0.1, 0.15) is 0 Å². The molecule has 2 N–H and O–H groups in total. The van der Waals surface area contributed by atoms with Gasteiger partial charge in [-0.15, -0.1) is 0 Å². The molecular weight excluding hydrogens is 220 g/mol. The van der Waals surface area contributed by atoms with Gasteiger partial charge in [-0.3, -0.25) is 4.98 Å². The molecule has 0 amide bonds. The van der Waals surface area contributed by atoms with Crippen LogP contribution in [0.25, 0.3) is 0 Å². The van der Waals surface area contributed by atoms with Crippen LogP contribution in [0.1, 0.15) is 35.3 Å². The van der Waals surface area contributed by atoms with Crippen LogP contribution in [0.15, 0.2) is 42.6 Å². The summed E-state index contributed by atoms with van der Waals surface area (Å²) in [6.45, 7) is 4.18. The second-order valence-corrected chi connectivity index (χ2v) is 4.66. The highest BCUT2D eigenvalue weighted by Crippen LogP contribution is 2.18. The summed E-state index contributed by atoms with van der Waals surface area (Å²) in [5, 5.41) is 0. The molecule has 0 aliphatic heterocycles. The predicted octanol–water partition coefficient (Wildman–Crippen LogP) is 3.19. The van der Waals surface area contributed by atoms with Crippen LogP contribution in [0.2, 0.25) is 0 Å². The maximum atomic E-state index is 6.26. The van der Waals surface area contributed by atoms with E-state index in [1.807, 2.05) is 19.2 Å². The molecule has 0 saturated carbocycles. The van der Waals surface area contributed by atoms with Gasteiger partial charge in [-0.1, -0.05) is 37.3 Å². The fourth-order valence-corrected chi connectivity index (χ4v) is 2.16. The summed E-state index contributed by atoms with van der Waals surface area (Å²) < 4.78 is 0. The van der Waals surface area contributed by atoms with E-state index in [2.05, 4.69) is 42.2 Å². The van der Waals surface area contributed by atoms with Crippen molar-refractivity contribution in [3.8, 4) is 0 Å². The number of rotatable bonds is 4. The zero-order chi connectivity index (χ0) is 13.0.